The summed E-state index contributed by atoms with van der Waals surface area (Å²) in [6, 6.07) is 13.5. The maximum atomic E-state index is 13.2. The Balaban J connectivity index is 1.50. The van der Waals surface area contributed by atoms with Gasteiger partial charge in [0.05, 0.1) is 37.8 Å². The van der Waals surface area contributed by atoms with Crippen molar-refractivity contribution in [3.8, 4) is 11.5 Å². The molecule has 0 radical (unpaired) electrons. The molecule has 13 heteroatoms. The van der Waals surface area contributed by atoms with E-state index in [-0.39, 0.29) is 43.6 Å². The van der Waals surface area contributed by atoms with Crippen LogP contribution in [0.2, 0.25) is 0 Å². The van der Waals surface area contributed by atoms with E-state index in [1.807, 2.05) is 48.9 Å². The molecule has 2 atom stereocenters. The minimum absolute atomic E-state index is 0.0196. The van der Waals surface area contributed by atoms with Crippen LogP contribution in [-0.4, -0.2) is 70.3 Å². The summed E-state index contributed by atoms with van der Waals surface area (Å²) in [6.07, 6.45) is 0.783. The average molecular weight is 653 g/mol. The van der Waals surface area contributed by atoms with Gasteiger partial charge in [0.25, 0.3) is 0 Å². The third kappa shape index (κ3) is 7.02. The van der Waals surface area contributed by atoms with Gasteiger partial charge in [-0.1, -0.05) is 29.5 Å². The minimum Gasteiger partial charge on any atom is -0.508 e. The highest BCUT2D eigenvalue weighted by Gasteiger charge is 2.37. The SMILES string of the molecule is CCOC(=O)CC(c1ccc(C)c([C@@H](C)N2Cc3cc(O)ccc3OS2(=O)=O)c1)c1ccc2c(nnn2CCCOCCO)c1C. The van der Waals surface area contributed by atoms with Crippen LogP contribution >= 0.6 is 0 Å². The summed E-state index contributed by atoms with van der Waals surface area (Å²) < 4.78 is 45.7. The summed E-state index contributed by atoms with van der Waals surface area (Å²) in [6.45, 7) is 9.08. The summed E-state index contributed by atoms with van der Waals surface area (Å²) in [4.78, 5) is 12.9. The largest absolute Gasteiger partial charge is 0.508 e. The number of aromatic hydroxyl groups is 1. The maximum absolute atomic E-state index is 13.2. The monoisotopic (exact) mass is 652 g/mol. The molecule has 0 spiro atoms. The summed E-state index contributed by atoms with van der Waals surface area (Å²) in [5.41, 5.74) is 6.37. The molecule has 1 aliphatic heterocycles. The number of hydrogen-bond donors (Lipinski definition) is 2. The van der Waals surface area contributed by atoms with Crippen LogP contribution in [0, 0.1) is 13.8 Å². The molecule has 46 heavy (non-hydrogen) atoms. The fraction of sp³-hybridized carbons (Fsp3) is 0.424. The van der Waals surface area contributed by atoms with Crippen molar-refractivity contribution in [2.75, 3.05) is 26.4 Å². The van der Waals surface area contributed by atoms with Crippen molar-refractivity contribution in [2.24, 2.45) is 0 Å². The highest BCUT2D eigenvalue weighted by molar-refractivity contribution is 7.84. The van der Waals surface area contributed by atoms with Gasteiger partial charge in [0, 0.05) is 31.2 Å². The van der Waals surface area contributed by atoms with Gasteiger partial charge >= 0.3 is 16.3 Å². The number of benzene rings is 3. The lowest BCUT2D eigenvalue weighted by molar-refractivity contribution is -0.143. The van der Waals surface area contributed by atoms with Crippen LogP contribution in [0.25, 0.3) is 11.0 Å². The molecule has 0 aliphatic carbocycles. The van der Waals surface area contributed by atoms with Gasteiger partial charge in [0.1, 0.15) is 17.0 Å². The maximum Gasteiger partial charge on any atom is 0.386 e. The zero-order valence-electron chi connectivity index (χ0n) is 26.5. The van der Waals surface area contributed by atoms with E-state index in [2.05, 4.69) is 10.3 Å². The molecule has 0 fully saturated rings. The number of carbonyl (C=O) groups is 1. The molecule has 0 bridgehead atoms. The number of aliphatic hydroxyl groups is 1. The predicted molar refractivity (Wildman–Crippen MR) is 171 cm³/mol. The summed E-state index contributed by atoms with van der Waals surface area (Å²) >= 11 is 0. The summed E-state index contributed by atoms with van der Waals surface area (Å²) in [5.74, 6) is -0.538. The third-order valence-corrected chi connectivity index (χ3v) is 9.78. The molecule has 2 heterocycles. The number of rotatable bonds is 13. The number of hydrogen-bond acceptors (Lipinski definition) is 10. The Labute approximate surface area is 268 Å². The van der Waals surface area contributed by atoms with E-state index in [1.165, 1.54) is 22.5 Å². The van der Waals surface area contributed by atoms with Gasteiger partial charge in [-0.2, -0.15) is 12.7 Å². The fourth-order valence-electron chi connectivity index (χ4n) is 5.99. The van der Waals surface area contributed by atoms with Crippen molar-refractivity contribution in [1.82, 2.24) is 19.3 Å². The lowest BCUT2D eigenvalue weighted by Crippen LogP contribution is -2.39. The van der Waals surface area contributed by atoms with E-state index >= 15 is 0 Å². The topological polar surface area (TPSA) is 153 Å². The van der Waals surface area contributed by atoms with Crippen LogP contribution in [-0.2, 0) is 37.7 Å². The van der Waals surface area contributed by atoms with Crippen molar-refractivity contribution in [2.45, 2.75) is 65.6 Å². The Morgan fingerprint density at radius 1 is 1.09 bits per heavy atom. The number of nitrogens with zero attached hydrogens (tertiary/aromatic N) is 4. The van der Waals surface area contributed by atoms with Gasteiger partial charge in [0.2, 0.25) is 0 Å². The third-order valence-electron chi connectivity index (χ3n) is 8.37. The number of esters is 1. The average Bonchev–Trinajstić information content (AvgIpc) is 3.44. The number of ether oxygens (including phenoxy) is 2. The second kappa shape index (κ2) is 14.2. The molecule has 1 unspecified atom stereocenters. The Hall–Kier alpha value is -4.04. The second-order valence-electron chi connectivity index (χ2n) is 11.4. The molecule has 1 aliphatic rings. The Bertz CT molecular complexity index is 1820. The summed E-state index contributed by atoms with van der Waals surface area (Å²) in [7, 11) is -4.12. The van der Waals surface area contributed by atoms with Crippen molar-refractivity contribution < 1.29 is 37.1 Å². The Morgan fingerprint density at radius 2 is 1.89 bits per heavy atom. The molecule has 4 aromatic rings. The number of aromatic nitrogens is 3. The van der Waals surface area contributed by atoms with Gasteiger partial charge in [-0.3, -0.25) is 4.79 Å². The summed E-state index contributed by atoms with van der Waals surface area (Å²) in [5, 5.41) is 27.7. The Kier molecular flexibility index (Phi) is 10.3. The van der Waals surface area contributed by atoms with Crippen molar-refractivity contribution in [3.63, 3.8) is 0 Å². The molecule has 246 valence electrons. The van der Waals surface area contributed by atoms with Gasteiger partial charge in [-0.25, -0.2) is 4.68 Å². The zero-order chi connectivity index (χ0) is 33.0. The first-order valence-corrected chi connectivity index (χ1v) is 16.7. The molecule has 5 rings (SSSR count). The van der Waals surface area contributed by atoms with Crippen molar-refractivity contribution in [1.29, 1.82) is 0 Å². The normalized spacial score (nSPS) is 15.7. The number of fused-ring (bicyclic) bond motifs is 2. The first-order valence-electron chi connectivity index (χ1n) is 15.3. The van der Waals surface area contributed by atoms with Gasteiger partial charge in [0.15, 0.2) is 0 Å². The zero-order valence-corrected chi connectivity index (χ0v) is 27.3. The van der Waals surface area contributed by atoms with E-state index in [0.717, 1.165) is 38.9 Å². The van der Waals surface area contributed by atoms with Crippen LogP contribution in [0.1, 0.15) is 72.0 Å². The highest BCUT2D eigenvalue weighted by Crippen LogP contribution is 2.39. The smallest absolute Gasteiger partial charge is 0.386 e. The Morgan fingerprint density at radius 3 is 2.65 bits per heavy atom. The number of phenols is 1. The quantitative estimate of drug-likeness (QED) is 0.157. The number of aliphatic hydroxyl groups excluding tert-OH is 1. The molecule has 3 aromatic carbocycles. The van der Waals surface area contributed by atoms with E-state index in [9.17, 15) is 18.3 Å². The van der Waals surface area contributed by atoms with Crippen LogP contribution in [0.5, 0.6) is 11.5 Å². The molecule has 12 nitrogen and oxygen atoms in total. The highest BCUT2D eigenvalue weighted by atomic mass is 32.2. The van der Waals surface area contributed by atoms with Gasteiger partial charge in [-0.05, 0) is 86.2 Å². The number of carbonyl (C=O) groups excluding carboxylic acids is 1. The molecule has 0 amide bonds. The molecular weight excluding hydrogens is 612 g/mol. The number of aryl methyl sites for hydroxylation is 3. The first-order chi connectivity index (χ1) is 22.0. The van der Waals surface area contributed by atoms with E-state index in [0.29, 0.717) is 31.7 Å². The van der Waals surface area contributed by atoms with E-state index in [1.54, 1.807) is 13.8 Å². The standard InChI is InChI=1S/C33H40N4O8S/c1-5-44-32(40)19-29(27-10-11-30-33(22(27)3)34-35-36(30)13-6-15-43-16-14-38)24-8-7-21(2)28(18-24)23(4)37-20-25-17-26(39)9-12-31(25)45-46(37,41)42/h7-12,17-18,23,29,38-39H,5-6,13-16,19-20H2,1-4H3/t23-,29?/m1/s1. The molecule has 1 aromatic heterocycles. The minimum atomic E-state index is -4.12. The van der Waals surface area contributed by atoms with Crippen LogP contribution < -0.4 is 4.18 Å². The van der Waals surface area contributed by atoms with E-state index < -0.39 is 22.3 Å². The molecule has 0 saturated heterocycles. The second-order valence-corrected chi connectivity index (χ2v) is 12.9. The molecule has 0 saturated carbocycles. The van der Waals surface area contributed by atoms with Crippen LogP contribution in [0.15, 0.2) is 48.5 Å². The van der Waals surface area contributed by atoms with Crippen molar-refractivity contribution in [3.05, 3.63) is 81.9 Å². The van der Waals surface area contributed by atoms with Crippen LogP contribution in [0.3, 0.4) is 0 Å². The van der Waals surface area contributed by atoms with Crippen LogP contribution in [0.4, 0.5) is 0 Å². The molecular formula is C33H40N4O8S. The van der Waals surface area contributed by atoms with E-state index in [4.69, 9.17) is 18.8 Å². The first kappa shape index (κ1) is 33.3. The predicted octanol–water partition coefficient (Wildman–Crippen LogP) is 4.44. The molecule has 2 N–H and O–H groups in total. The van der Waals surface area contributed by atoms with Crippen molar-refractivity contribution >= 4 is 27.3 Å². The van der Waals surface area contributed by atoms with Gasteiger partial charge in [-0.15, -0.1) is 5.10 Å². The van der Waals surface area contributed by atoms with Gasteiger partial charge < -0.3 is 23.9 Å². The number of phenolic OH excluding ortho intramolecular Hbond substituents is 1. The lowest BCUT2D eigenvalue weighted by atomic mass is 9.83. The lowest BCUT2D eigenvalue weighted by Gasteiger charge is -2.33. The fourth-order valence-corrected chi connectivity index (χ4v) is 7.28.